The first kappa shape index (κ1) is 14.7. The Balaban J connectivity index is 2.19. The average Bonchev–Trinajstić information content (AvgIpc) is 2.78. The summed E-state index contributed by atoms with van der Waals surface area (Å²) in [5.74, 6) is 0.180. The second-order valence-electron chi connectivity index (χ2n) is 4.83. The second-order valence-corrected chi connectivity index (χ2v) is 4.83. The van der Waals surface area contributed by atoms with E-state index in [1.165, 1.54) is 5.56 Å². The number of amides is 1. The Morgan fingerprint density at radius 3 is 2.89 bits per heavy atom. The maximum atomic E-state index is 11.7. The van der Waals surface area contributed by atoms with E-state index < -0.39 is 6.04 Å². The van der Waals surface area contributed by atoms with Crippen LogP contribution in [0.3, 0.4) is 0 Å². The van der Waals surface area contributed by atoms with Crippen LogP contribution >= 0.6 is 0 Å². The number of hydrogen-bond acceptors (Lipinski definition) is 3. The van der Waals surface area contributed by atoms with Gasteiger partial charge < -0.3 is 11.1 Å². The molecule has 0 aliphatic carbocycles. The van der Waals surface area contributed by atoms with Gasteiger partial charge in [0.2, 0.25) is 5.91 Å². The van der Waals surface area contributed by atoms with Crippen molar-refractivity contribution >= 4 is 5.91 Å². The smallest absolute Gasteiger partial charge is 0.237 e. The standard InChI is InChI=1S/C13H24N4O/c1-4-10(2)12(14)13(18)15-7-5-6-11-8-16-17(3)9-11/h8-10,12H,4-7,14H2,1-3H3,(H,15,18). The van der Waals surface area contributed by atoms with Crippen molar-refractivity contribution in [2.24, 2.45) is 18.7 Å². The summed E-state index contributed by atoms with van der Waals surface area (Å²) in [6, 6.07) is -0.395. The van der Waals surface area contributed by atoms with E-state index in [2.05, 4.69) is 10.4 Å². The summed E-state index contributed by atoms with van der Waals surface area (Å²) in [7, 11) is 1.90. The van der Waals surface area contributed by atoms with E-state index in [0.717, 1.165) is 19.3 Å². The Bertz CT molecular complexity index is 375. The van der Waals surface area contributed by atoms with Crippen LogP contribution in [-0.4, -0.2) is 28.3 Å². The van der Waals surface area contributed by atoms with Crippen LogP contribution in [0.1, 0.15) is 32.3 Å². The van der Waals surface area contributed by atoms with E-state index >= 15 is 0 Å². The molecule has 0 saturated heterocycles. The Labute approximate surface area is 109 Å². The van der Waals surface area contributed by atoms with Crippen molar-refractivity contribution in [1.29, 1.82) is 0 Å². The lowest BCUT2D eigenvalue weighted by molar-refractivity contribution is -0.123. The summed E-state index contributed by atoms with van der Waals surface area (Å²) in [6.07, 6.45) is 6.60. The molecule has 1 aromatic heterocycles. The molecular weight excluding hydrogens is 228 g/mol. The van der Waals surface area contributed by atoms with Gasteiger partial charge in [0.25, 0.3) is 0 Å². The molecule has 0 aromatic carbocycles. The first-order chi connectivity index (χ1) is 8.54. The minimum atomic E-state index is -0.395. The van der Waals surface area contributed by atoms with E-state index in [0.29, 0.717) is 6.54 Å². The van der Waals surface area contributed by atoms with Gasteiger partial charge in [-0.1, -0.05) is 20.3 Å². The molecule has 1 heterocycles. The van der Waals surface area contributed by atoms with Gasteiger partial charge in [-0.15, -0.1) is 0 Å². The van der Waals surface area contributed by atoms with Crippen LogP contribution in [-0.2, 0) is 18.3 Å². The molecule has 1 aromatic rings. The van der Waals surface area contributed by atoms with Crippen LogP contribution in [0.15, 0.2) is 12.4 Å². The summed E-state index contributed by atoms with van der Waals surface area (Å²) < 4.78 is 1.78. The predicted octanol–water partition coefficient (Wildman–Crippen LogP) is 0.842. The molecule has 0 aliphatic heterocycles. The van der Waals surface area contributed by atoms with Crippen molar-refractivity contribution < 1.29 is 4.79 Å². The predicted molar refractivity (Wildman–Crippen MR) is 72.0 cm³/mol. The van der Waals surface area contributed by atoms with E-state index in [1.807, 2.05) is 33.3 Å². The maximum Gasteiger partial charge on any atom is 0.237 e. The third kappa shape index (κ3) is 4.49. The van der Waals surface area contributed by atoms with Gasteiger partial charge in [0, 0.05) is 19.8 Å². The van der Waals surface area contributed by atoms with Crippen LogP contribution in [0.2, 0.25) is 0 Å². The molecule has 102 valence electrons. The highest BCUT2D eigenvalue weighted by molar-refractivity contribution is 5.81. The lowest BCUT2D eigenvalue weighted by atomic mass is 9.99. The van der Waals surface area contributed by atoms with E-state index in [1.54, 1.807) is 4.68 Å². The van der Waals surface area contributed by atoms with Crippen molar-refractivity contribution in [3.63, 3.8) is 0 Å². The van der Waals surface area contributed by atoms with Gasteiger partial charge in [-0.25, -0.2) is 0 Å². The molecule has 2 atom stereocenters. The number of aryl methyl sites for hydroxylation is 2. The minimum absolute atomic E-state index is 0.0458. The van der Waals surface area contributed by atoms with Crippen molar-refractivity contribution in [2.75, 3.05) is 6.54 Å². The summed E-state index contributed by atoms with van der Waals surface area (Å²) in [5, 5.41) is 6.99. The molecule has 0 spiro atoms. The molecule has 0 radical (unpaired) electrons. The molecule has 2 unspecified atom stereocenters. The molecule has 1 amide bonds. The number of nitrogens with two attached hydrogens (primary N) is 1. The number of carbonyl (C=O) groups excluding carboxylic acids is 1. The number of rotatable bonds is 7. The molecule has 0 bridgehead atoms. The van der Waals surface area contributed by atoms with Gasteiger partial charge in [0.1, 0.15) is 0 Å². The largest absolute Gasteiger partial charge is 0.355 e. The summed E-state index contributed by atoms with van der Waals surface area (Å²) in [5.41, 5.74) is 7.04. The highest BCUT2D eigenvalue weighted by Gasteiger charge is 2.18. The van der Waals surface area contributed by atoms with Crippen LogP contribution < -0.4 is 11.1 Å². The minimum Gasteiger partial charge on any atom is -0.355 e. The number of nitrogens with one attached hydrogen (secondary N) is 1. The Hall–Kier alpha value is -1.36. The number of aromatic nitrogens is 2. The Morgan fingerprint density at radius 1 is 1.61 bits per heavy atom. The third-order valence-electron chi connectivity index (χ3n) is 3.26. The van der Waals surface area contributed by atoms with Crippen molar-refractivity contribution in [2.45, 2.75) is 39.2 Å². The highest BCUT2D eigenvalue weighted by atomic mass is 16.2. The molecule has 3 N–H and O–H groups in total. The lowest BCUT2D eigenvalue weighted by Crippen LogP contribution is -2.44. The fourth-order valence-corrected chi connectivity index (χ4v) is 1.74. The average molecular weight is 252 g/mol. The zero-order valence-electron chi connectivity index (χ0n) is 11.5. The summed E-state index contributed by atoms with van der Waals surface area (Å²) in [6.45, 7) is 4.71. The Morgan fingerprint density at radius 2 is 2.33 bits per heavy atom. The monoisotopic (exact) mass is 252 g/mol. The normalized spacial score (nSPS) is 14.2. The summed E-state index contributed by atoms with van der Waals surface area (Å²) in [4.78, 5) is 11.7. The molecule has 5 nitrogen and oxygen atoms in total. The topological polar surface area (TPSA) is 72.9 Å². The van der Waals surface area contributed by atoms with E-state index in [4.69, 9.17) is 5.73 Å². The molecule has 1 rings (SSSR count). The maximum absolute atomic E-state index is 11.7. The van der Waals surface area contributed by atoms with Gasteiger partial charge in [0.05, 0.1) is 12.2 Å². The molecular formula is C13H24N4O. The third-order valence-corrected chi connectivity index (χ3v) is 3.26. The van der Waals surface area contributed by atoms with E-state index in [-0.39, 0.29) is 11.8 Å². The molecule has 0 saturated carbocycles. The van der Waals surface area contributed by atoms with Gasteiger partial charge in [-0.05, 0) is 24.3 Å². The number of nitrogens with zero attached hydrogens (tertiary/aromatic N) is 2. The highest BCUT2D eigenvalue weighted by Crippen LogP contribution is 2.05. The fourth-order valence-electron chi connectivity index (χ4n) is 1.74. The summed E-state index contributed by atoms with van der Waals surface area (Å²) >= 11 is 0. The molecule has 5 heteroatoms. The lowest BCUT2D eigenvalue weighted by Gasteiger charge is -2.17. The first-order valence-electron chi connectivity index (χ1n) is 6.55. The van der Waals surface area contributed by atoms with Gasteiger partial charge >= 0.3 is 0 Å². The van der Waals surface area contributed by atoms with Crippen LogP contribution in [0.25, 0.3) is 0 Å². The van der Waals surface area contributed by atoms with Crippen LogP contribution in [0, 0.1) is 5.92 Å². The SMILES string of the molecule is CCC(C)C(N)C(=O)NCCCc1cnn(C)c1. The van der Waals surface area contributed by atoms with Crippen LogP contribution in [0.5, 0.6) is 0 Å². The van der Waals surface area contributed by atoms with Crippen molar-refractivity contribution in [3.8, 4) is 0 Å². The second kappa shape index (κ2) is 7.16. The van der Waals surface area contributed by atoms with Gasteiger partial charge in [0.15, 0.2) is 0 Å². The molecule has 0 aliphatic rings. The zero-order valence-corrected chi connectivity index (χ0v) is 11.5. The quantitative estimate of drug-likeness (QED) is 0.706. The van der Waals surface area contributed by atoms with Gasteiger partial charge in [-0.3, -0.25) is 9.48 Å². The molecule has 0 fully saturated rings. The first-order valence-corrected chi connectivity index (χ1v) is 6.55. The van der Waals surface area contributed by atoms with Crippen molar-refractivity contribution in [1.82, 2.24) is 15.1 Å². The fraction of sp³-hybridized carbons (Fsp3) is 0.692. The van der Waals surface area contributed by atoms with E-state index in [9.17, 15) is 4.79 Å². The number of hydrogen-bond donors (Lipinski definition) is 2. The molecule has 18 heavy (non-hydrogen) atoms. The van der Waals surface area contributed by atoms with Gasteiger partial charge in [-0.2, -0.15) is 5.10 Å². The Kier molecular flexibility index (Phi) is 5.85. The van der Waals surface area contributed by atoms with Crippen LogP contribution in [0.4, 0.5) is 0 Å². The number of carbonyl (C=O) groups is 1. The zero-order chi connectivity index (χ0) is 13.5. The van der Waals surface area contributed by atoms with Crippen molar-refractivity contribution in [3.05, 3.63) is 18.0 Å².